The van der Waals surface area contributed by atoms with Crippen molar-refractivity contribution in [2.24, 2.45) is 0 Å². The molecule has 1 aliphatic rings. The third-order valence-electron chi connectivity index (χ3n) is 6.10. The minimum atomic E-state index is -0.876. The highest BCUT2D eigenvalue weighted by Gasteiger charge is 2.21. The van der Waals surface area contributed by atoms with E-state index >= 15 is 0 Å². The number of nitrogens with zero attached hydrogens (tertiary/aromatic N) is 1. The summed E-state index contributed by atoms with van der Waals surface area (Å²) in [6, 6.07) is 14.0. The van der Waals surface area contributed by atoms with Gasteiger partial charge in [0, 0.05) is 18.5 Å². The summed E-state index contributed by atoms with van der Waals surface area (Å²) in [5.41, 5.74) is 5.19. The van der Waals surface area contributed by atoms with Gasteiger partial charge >= 0.3 is 5.97 Å². The van der Waals surface area contributed by atoms with Gasteiger partial charge in [-0.2, -0.15) is 5.26 Å². The highest BCUT2D eigenvalue weighted by molar-refractivity contribution is 5.67. The van der Waals surface area contributed by atoms with E-state index in [0.29, 0.717) is 24.3 Å². The van der Waals surface area contributed by atoms with E-state index in [1.807, 2.05) is 0 Å². The zero-order valence-electron chi connectivity index (χ0n) is 19.6. The summed E-state index contributed by atoms with van der Waals surface area (Å²) in [7, 11) is 0. The Labute approximate surface area is 196 Å². The van der Waals surface area contributed by atoms with Gasteiger partial charge in [0.05, 0.1) is 5.56 Å². The van der Waals surface area contributed by atoms with Gasteiger partial charge in [-0.05, 0) is 86.8 Å². The van der Waals surface area contributed by atoms with Crippen molar-refractivity contribution in [2.45, 2.75) is 70.4 Å². The average Bonchev–Trinajstić information content (AvgIpc) is 2.80. The summed E-state index contributed by atoms with van der Waals surface area (Å²) in [6.07, 6.45) is 5.40. The van der Waals surface area contributed by atoms with Crippen LogP contribution in [0.4, 0.5) is 0 Å². The number of hydrogen-bond acceptors (Lipinski definition) is 5. The number of aryl methyl sites for hydroxylation is 3. The first kappa shape index (κ1) is 24.8. The molecule has 0 heterocycles. The van der Waals surface area contributed by atoms with Crippen LogP contribution in [-0.4, -0.2) is 41.0 Å². The molecule has 2 aromatic carbocycles. The molecule has 1 aliphatic carbocycles. The van der Waals surface area contributed by atoms with Crippen LogP contribution >= 0.6 is 0 Å². The Morgan fingerprint density at radius 2 is 1.88 bits per heavy atom. The minimum absolute atomic E-state index is 0.0106. The second-order valence-electron chi connectivity index (χ2n) is 9.55. The zero-order valence-corrected chi connectivity index (χ0v) is 19.6. The number of carbonyl (C=O) groups is 1. The quantitative estimate of drug-likeness (QED) is 0.481. The molecule has 3 rings (SSSR count). The number of rotatable bonds is 11. The smallest absolute Gasteiger partial charge is 0.303 e. The number of hydrogen-bond donors (Lipinski definition) is 3. The van der Waals surface area contributed by atoms with Gasteiger partial charge in [-0.25, -0.2) is 0 Å². The molecular weight excluding hydrogens is 416 g/mol. The van der Waals surface area contributed by atoms with Crippen molar-refractivity contribution in [1.82, 2.24) is 5.32 Å². The van der Waals surface area contributed by atoms with Crippen molar-refractivity contribution >= 4 is 5.97 Å². The Bertz CT molecular complexity index is 1010. The summed E-state index contributed by atoms with van der Waals surface area (Å²) < 4.78 is 5.69. The summed E-state index contributed by atoms with van der Waals surface area (Å²) in [5.74, 6) is -0.483. The first-order valence-corrected chi connectivity index (χ1v) is 11.7. The van der Waals surface area contributed by atoms with Crippen molar-refractivity contribution in [1.29, 1.82) is 5.26 Å². The molecule has 0 amide bonds. The fraction of sp³-hybridized carbons (Fsp3) is 0.481. The van der Waals surface area contributed by atoms with Crippen molar-refractivity contribution in [3.8, 4) is 11.8 Å². The second-order valence-corrected chi connectivity index (χ2v) is 9.55. The van der Waals surface area contributed by atoms with Crippen molar-refractivity contribution < 1.29 is 19.7 Å². The van der Waals surface area contributed by atoms with E-state index in [-0.39, 0.29) is 18.6 Å². The lowest BCUT2D eigenvalue weighted by Gasteiger charge is -2.29. The van der Waals surface area contributed by atoms with Crippen molar-refractivity contribution in [3.63, 3.8) is 0 Å². The highest BCUT2D eigenvalue weighted by Crippen LogP contribution is 2.24. The van der Waals surface area contributed by atoms with Gasteiger partial charge in [0.2, 0.25) is 0 Å². The molecule has 176 valence electrons. The standard InChI is InChI=1S/C27H34N2O4/c1-27(2,15-20-7-10-21-5-3-4-6-22(21)14-20)29-17-24(30)18-33-25-11-8-19(9-12-26(31)32)13-23(25)16-28/h7-8,10-11,13-14,24,29-30H,3-6,9,12,15,17-18H2,1-2H3,(H,31,32). The van der Waals surface area contributed by atoms with Crippen LogP contribution in [0.1, 0.15) is 60.9 Å². The molecule has 0 fully saturated rings. The van der Waals surface area contributed by atoms with Crippen LogP contribution in [0.25, 0.3) is 0 Å². The van der Waals surface area contributed by atoms with E-state index in [1.54, 1.807) is 18.2 Å². The molecule has 0 aromatic heterocycles. The van der Waals surface area contributed by atoms with Gasteiger partial charge in [-0.1, -0.05) is 24.3 Å². The zero-order chi connectivity index (χ0) is 23.8. The number of benzene rings is 2. The van der Waals surface area contributed by atoms with E-state index in [4.69, 9.17) is 9.84 Å². The summed E-state index contributed by atoms with van der Waals surface area (Å²) in [4.78, 5) is 10.7. The molecule has 1 atom stereocenters. The average molecular weight is 451 g/mol. The van der Waals surface area contributed by atoms with Crippen LogP contribution in [-0.2, 0) is 30.5 Å². The number of aliphatic hydroxyl groups excluding tert-OH is 1. The maximum absolute atomic E-state index is 10.7. The number of carboxylic acid groups (broad SMARTS) is 1. The number of aliphatic carboxylic acids is 1. The minimum Gasteiger partial charge on any atom is -0.489 e. The molecule has 0 aliphatic heterocycles. The van der Waals surface area contributed by atoms with Gasteiger partial charge in [0.1, 0.15) is 24.5 Å². The SMILES string of the molecule is CC(C)(Cc1ccc2c(c1)CCCC2)NCC(O)COc1ccc(CCC(=O)O)cc1C#N. The maximum Gasteiger partial charge on any atom is 0.303 e. The van der Waals surface area contributed by atoms with Crippen LogP contribution in [0.3, 0.4) is 0 Å². The lowest BCUT2D eigenvalue weighted by Crippen LogP contribution is -2.46. The van der Waals surface area contributed by atoms with Crippen molar-refractivity contribution in [2.75, 3.05) is 13.2 Å². The third-order valence-corrected chi connectivity index (χ3v) is 6.10. The lowest BCUT2D eigenvalue weighted by atomic mass is 9.87. The predicted octanol–water partition coefficient (Wildman–Crippen LogP) is 3.80. The molecule has 0 spiro atoms. The largest absolute Gasteiger partial charge is 0.489 e. The number of fused-ring (bicyclic) bond motifs is 1. The fourth-order valence-corrected chi connectivity index (χ4v) is 4.31. The van der Waals surface area contributed by atoms with E-state index in [1.165, 1.54) is 36.0 Å². The molecule has 0 radical (unpaired) electrons. The monoisotopic (exact) mass is 450 g/mol. The molecule has 33 heavy (non-hydrogen) atoms. The Kier molecular flexibility index (Phi) is 8.49. The summed E-state index contributed by atoms with van der Waals surface area (Å²) >= 11 is 0. The van der Waals surface area contributed by atoms with Gasteiger partial charge < -0.3 is 20.3 Å². The van der Waals surface area contributed by atoms with Crippen molar-refractivity contribution in [3.05, 3.63) is 64.2 Å². The Morgan fingerprint density at radius 3 is 2.61 bits per heavy atom. The Hall–Kier alpha value is -2.88. The number of nitrogens with one attached hydrogen (secondary N) is 1. The number of nitriles is 1. The number of carboxylic acids is 1. The maximum atomic E-state index is 10.7. The van der Waals surface area contributed by atoms with Crippen LogP contribution in [0, 0.1) is 11.3 Å². The van der Waals surface area contributed by atoms with Gasteiger partial charge in [0.25, 0.3) is 0 Å². The molecule has 6 nitrogen and oxygen atoms in total. The van der Waals surface area contributed by atoms with Gasteiger partial charge in [0.15, 0.2) is 0 Å². The first-order valence-electron chi connectivity index (χ1n) is 11.7. The van der Waals surface area contributed by atoms with Crippen LogP contribution in [0.5, 0.6) is 5.75 Å². The Balaban J connectivity index is 1.49. The number of β-amino-alcohol motifs (C(OH)–C–C–N with tert-alkyl or cyclic N) is 1. The fourth-order valence-electron chi connectivity index (χ4n) is 4.31. The van der Waals surface area contributed by atoms with Crippen LogP contribution < -0.4 is 10.1 Å². The molecule has 0 bridgehead atoms. The van der Waals surface area contributed by atoms with Gasteiger partial charge in [-0.3, -0.25) is 4.79 Å². The van der Waals surface area contributed by atoms with Crippen LogP contribution in [0.15, 0.2) is 36.4 Å². The molecule has 3 N–H and O–H groups in total. The number of aliphatic hydroxyl groups is 1. The third kappa shape index (κ3) is 7.59. The summed E-state index contributed by atoms with van der Waals surface area (Å²) in [5, 5.41) is 32.1. The van der Waals surface area contributed by atoms with Crippen LogP contribution in [0.2, 0.25) is 0 Å². The first-order chi connectivity index (χ1) is 15.8. The topological polar surface area (TPSA) is 103 Å². The molecular formula is C27H34N2O4. The number of ether oxygens (including phenoxy) is 1. The molecule has 6 heteroatoms. The molecule has 1 unspecified atom stereocenters. The summed E-state index contributed by atoms with van der Waals surface area (Å²) in [6.45, 7) is 4.69. The Morgan fingerprint density at radius 1 is 1.15 bits per heavy atom. The molecule has 0 saturated heterocycles. The lowest BCUT2D eigenvalue weighted by molar-refractivity contribution is -0.136. The normalized spacial score (nSPS) is 14.2. The van der Waals surface area contributed by atoms with E-state index in [0.717, 1.165) is 18.4 Å². The van der Waals surface area contributed by atoms with E-state index in [9.17, 15) is 15.2 Å². The van der Waals surface area contributed by atoms with E-state index < -0.39 is 12.1 Å². The predicted molar refractivity (Wildman–Crippen MR) is 127 cm³/mol. The molecule has 2 aromatic rings. The second kappa shape index (κ2) is 11.3. The molecule has 0 saturated carbocycles. The van der Waals surface area contributed by atoms with Gasteiger partial charge in [-0.15, -0.1) is 0 Å². The van der Waals surface area contributed by atoms with E-state index in [2.05, 4.69) is 43.4 Å². The highest BCUT2D eigenvalue weighted by atomic mass is 16.5.